The van der Waals surface area contributed by atoms with Crippen LogP contribution in [0.5, 0.6) is 0 Å². The van der Waals surface area contributed by atoms with E-state index in [2.05, 4.69) is 53.6 Å². The summed E-state index contributed by atoms with van der Waals surface area (Å²) in [5, 5.41) is 5.56. The minimum absolute atomic E-state index is 0.298. The summed E-state index contributed by atoms with van der Waals surface area (Å²) in [4.78, 5) is 3.24. The summed E-state index contributed by atoms with van der Waals surface area (Å²) >= 11 is 5.91. The Hall–Kier alpha value is -1.77. The van der Waals surface area contributed by atoms with E-state index < -0.39 is 0 Å². The summed E-state index contributed by atoms with van der Waals surface area (Å²) in [5.41, 5.74) is 3.71. The highest BCUT2D eigenvalue weighted by molar-refractivity contribution is 6.30. The first-order chi connectivity index (χ1) is 9.72. The van der Waals surface area contributed by atoms with Crippen molar-refractivity contribution in [1.82, 2.24) is 10.3 Å². The average molecular weight is 285 g/mol. The first-order valence-electron chi connectivity index (χ1n) is 6.77. The van der Waals surface area contributed by atoms with Gasteiger partial charge in [0.05, 0.1) is 0 Å². The van der Waals surface area contributed by atoms with Crippen LogP contribution in [0.3, 0.4) is 0 Å². The molecule has 0 radical (unpaired) electrons. The third-order valence-electron chi connectivity index (χ3n) is 3.60. The lowest BCUT2D eigenvalue weighted by Gasteiger charge is -2.14. The molecule has 0 saturated carbocycles. The van der Waals surface area contributed by atoms with Crippen molar-refractivity contribution in [3.63, 3.8) is 0 Å². The smallest absolute Gasteiger partial charge is 0.0457 e. The summed E-state index contributed by atoms with van der Waals surface area (Å²) in [5.74, 6) is 0. The van der Waals surface area contributed by atoms with E-state index >= 15 is 0 Å². The molecule has 0 amide bonds. The summed E-state index contributed by atoms with van der Waals surface area (Å²) in [6.07, 6.45) is 1.97. The molecule has 0 unspecified atom stereocenters. The van der Waals surface area contributed by atoms with Crippen LogP contribution in [0, 0.1) is 0 Å². The van der Waals surface area contributed by atoms with Gasteiger partial charge >= 0.3 is 0 Å². The number of nitrogens with one attached hydrogen (secondary N) is 2. The van der Waals surface area contributed by atoms with E-state index in [0.717, 1.165) is 11.6 Å². The van der Waals surface area contributed by atoms with Gasteiger partial charge in [0.15, 0.2) is 0 Å². The van der Waals surface area contributed by atoms with Crippen molar-refractivity contribution in [3.8, 4) is 0 Å². The molecule has 0 aliphatic carbocycles. The SMILES string of the molecule is C[C@@H](NCc1ccc2cc[nH]c2c1)c1ccc(Cl)cc1. The number of benzene rings is 2. The molecule has 1 heterocycles. The van der Waals surface area contributed by atoms with Crippen LogP contribution in [-0.4, -0.2) is 4.98 Å². The molecular formula is C17H17ClN2. The Balaban J connectivity index is 1.67. The number of aromatic amines is 1. The van der Waals surface area contributed by atoms with Crippen molar-refractivity contribution in [2.45, 2.75) is 19.5 Å². The number of fused-ring (bicyclic) bond motifs is 1. The molecule has 3 heteroatoms. The van der Waals surface area contributed by atoms with Gasteiger partial charge in [0, 0.05) is 29.3 Å². The number of hydrogen-bond acceptors (Lipinski definition) is 1. The van der Waals surface area contributed by atoms with E-state index in [1.54, 1.807) is 0 Å². The third-order valence-corrected chi connectivity index (χ3v) is 3.85. The predicted octanol–water partition coefficient (Wildman–Crippen LogP) is 4.67. The van der Waals surface area contributed by atoms with Crippen LogP contribution >= 0.6 is 11.6 Å². The molecule has 20 heavy (non-hydrogen) atoms. The first kappa shape index (κ1) is 13.2. The molecule has 2 N–H and O–H groups in total. The van der Waals surface area contributed by atoms with Crippen LogP contribution in [0.1, 0.15) is 24.1 Å². The highest BCUT2D eigenvalue weighted by atomic mass is 35.5. The molecule has 0 bridgehead atoms. The summed E-state index contributed by atoms with van der Waals surface area (Å²) in [6, 6.07) is 16.9. The zero-order valence-electron chi connectivity index (χ0n) is 11.4. The molecule has 2 aromatic carbocycles. The summed E-state index contributed by atoms with van der Waals surface area (Å²) < 4.78 is 0. The summed E-state index contributed by atoms with van der Waals surface area (Å²) in [6.45, 7) is 3.01. The molecule has 1 atom stereocenters. The number of hydrogen-bond donors (Lipinski definition) is 2. The lowest BCUT2D eigenvalue weighted by Crippen LogP contribution is -2.17. The Bertz CT molecular complexity index is 700. The lowest BCUT2D eigenvalue weighted by atomic mass is 10.1. The number of halogens is 1. The Kier molecular flexibility index (Phi) is 3.77. The minimum atomic E-state index is 0.298. The minimum Gasteiger partial charge on any atom is -0.361 e. The Morgan fingerprint density at radius 2 is 1.90 bits per heavy atom. The van der Waals surface area contributed by atoms with Crippen molar-refractivity contribution < 1.29 is 0 Å². The van der Waals surface area contributed by atoms with Crippen LogP contribution in [0.15, 0.2) is 54.7 Å². The van der Waals surface area contributed by atoms with Crippen molar-refractivity contribution in [1.29, 1.82) is 0 Å². The van der Waals surface area contributed by atoms with E-state index in [9.17, 15) is 0 Å². The molecule has 0 aliphatic rings. The van der Waals surface area contributed by atoms with Crippen LogP contribution < -0.4 is 5.32 Å². The molecule has 2 nitrogen and oxygen atoms in total. The van der Waals surface area contributed by atoms with Gasteiger partial charge in [-0.15, -0.1) is 0 Å². The molecule has 0 aliphatic heterocycles. The second-order valence-corrected chi connectivity index (χ2v) is 5.49. The van der Waals surface area contributed by atoms with E-state index in [-0.39, 0.29) is 0 Å². The highest BCUT2D eigenvalue weighted by Gasteiger charge is 2.05. The maximum absolute atomic E-state index is 5.91. The maximum atomic E-state index is 5.91. The Morgan fingerprint density at radius 1 is 1.10 bits per heavy atom. The van der Waals surface area contributed by atoms with E-state index in [1.165, 1.54) is 22.0 Å². The highest BCUT2D eigenvalue weighted by Crippen LogP contribution is 2.18. The van der Waals surface area contributed by atoms with Gasteiger partial charge in [-0.05, 0) is 47.7 Å². The monoisotopic (exact) mass is 284 g/mol. The predicted molar refractivity (Wildman–Crippen MR) is 85.0 cm³/mol. The van der Waals surface area contributed by atoms with Crippen LogP contribution in [-0.2, 0) is 6.54 Å². The standard InChI is InChI=1S/C17H17ClN2/c1-12(14-4-6-16(18)7-5-14)20-11-13-2-3-15-8-9-19-17(15)10-13/h2-10,12,19-20H,11H2,1H3/t12-/m1/s1. The van der Waals surface area contributed by atoms with Crippen molar-refractivity contribution in [2.75, 3.05) is 0 Å². The number of aromatic nitrogens is 1. The zero-order chi connectivity index (χ0) is 13.9. The molecule has 3 aromatic rings. The van der Waals surface area contributed by atoms with E-state index in [1.807, 2.05) is 18.3 Å². The van der Waals surface area contributed by atoms with Crippen LogP contribution in [0.4, 0.5) is 0 Å². The molecule has 3 rings (SSSR count). The quantitative estimate of drug-likeness (QED) is 0.716. The van der Waals surface area contributed by atoms with Crippen LogP contribution in [0.25, 0.3) is 10.9 Å². The van der Waals surface area contributed by atoms with Gasteiger partial charge in [-0.3, -0.25) is 0 Å². The van der Waals surface area contributed by atoms with Gasteiger partial charge in [-0.25, -0.2) is 0 Å². The summed E-state index contributed by atoms with van der Waals surface area (Å²) in [7, 11) is 0. The molecule has 0 spiro atoms. The van der Waals surface area contributed by atoms with Crippen LogP contribution in [0.2, 0.25) is 5.02 Å². The van der Waals surface area contributed by atoms with Gasteiger partial charge in [-0.2, -0.15) is 0 Å². The average Bonchev–Trinajstić information content (AvgIpc) is 2.93. The van der Waals surface area contributed by atoms with Gasteiger partial charge < -0.3 is 10.3 Å². The number of H-pyrrole nitrogens is 1. The fourth-order valence-corrected chi connectivity index (χ4v) is 2.47. The zero-order valence-corrected chi connectivity index (χ0v) is 12.1. The molecule has 0 fully saturated rings. The second kappa shape index (κ2) is 5.70. The molecule has 1 aromatic heterocycles. The third kappa shape index (κ3) is 2.87. The Labute approximate surface area is 123 Å². The lowest BCUT2D eigenvalue weighted by molar-refractivity contribution is 0.575. The van der Waals surface area contributed by atoms with Crippen molar-refractivity contribution >= 4 is 22.5 Å². The van der Waals surface area contributed by atoms with Crippen molar-refractivity contribution in [3.05, 3.63) is 70.9 Å². The van der Waals surface area contributed by atoms with E-state index in [0.29, 0.717) is 6.04 Å². The first-order valence-corrected chi connectivity index (χ1v) is 7.15. The fraction of sp³-hybridized carbons (Fsp3) is 0.176. The molecular weight excluding hydrogens is 268 g/mol. The van der Waals surface area contributed by atoms with Gasteiger partial charge in [-0.1, -0.05) is 35.9 Å². The largest absolute Gasteiger partial charge is 0.361 e. The van der Waals surface area contributed by atoms with E-state index in [4.69, 9.17) is 11.6 Å². The van der Waals surface area contributed by atoms with Crippen molar-refractivity contribution in [2.24, 2.45) is 0 Å². The van der Waals surface area contributed by atoms with Gasteiger partial charge in [0.25, 0.3) is 0 Å². The van der Waals surface area contributed by atoms with Gasteiger partial charge in [0.2, 0.25) is 0 Å². The number of rotatable bonds is 4. The maximum Gasteiger partial charge on any atom is 0.0457 e. The molecule has 102 valence electrons. The fourth-order valence-electron chi connectivity index (χ4n) is 2.35. The molecule has 0 saturated heterocycles. The van der Waals surface area contributed by atoms with Gasteiger partial charge in [0.1, 0.15) is 0 Å². The topological polar surface area (TPSA) is 27.8 Å². The Morgan fingerprint density at radius 3 is 2.70 bits per heavy atom. The normalized spacial score (nSPS) is 12.7. The second-order valence-electron chi connectivity index (χ2n) is 5.05.